The maximum Gasteiger partial charge on any atom is 0.417 e. The van der Waals surface area contributed by atoms with Crippen LogP contribution < -0.4 is 10.5 Å². The van der Waals surface area contributed by atoms with Crippen molar-refractivity contribution in [3.05, 3.63) is 40.2 Å². The van der Waals surface area contributed by atoms with Gasteiger partial charge in [0, 0.05) is 28.7 Å². The third-order valence-corrected chi connectivity index (χ3v) is 4.70. The van der Waals surface area contributed by atoms with Gasteiger partial charge >= 0.3 is 6.18 Å². The molecule has 2 aromatic rings. The minimum atomic E-state index is -4.61. The van der Waals surface area contributed by atoms with Crippen LogP contribution in [0.5, 0.6) is 0 Å². The fraction of sp³-hybridized carbons (Fsp3) is 0.471. The Bertz CT molecular complexity index is 814. The lowest BCUT2D eigenvalue weighted by atomic mass is 10.1. The molecule has 130 valence electrons. The normalized spacial score (nSPS) is 23.0. The molecule has 2 unspecified atom stereocenters. The van der Waals surface area contributed by atoms with E-state index in [9.17, 15) is 23.1 Å². The van der Waals surface area contributed by atoms with Gasteiger partial charge in [-0.1, -0.05) is 0 Å². The summed E-state index contributed by atoms with van der Waals surface area (Å²) in [5.41, 5.74) is -0.947. The lowest BCUT2D eigenvalue weighted by Crippen LogP contribution is -2.41. The van der Waals surface area contributed by atoms with Crippen LogP contribution in [0.3, 0.4) is 0 Å². The largest absolute Gasteiger partial charge is 0.417 e. The summed E-state index contributed by atoms with van der Waals surface area (Å²) < 4.78 is 39.8. The van der Waals surface area contributed by atoms with Gasteiger partial charge in [0.2, 0.25) is 5.56 Å². The molecule has 4 nitrogen and oxygen atoms in total. The molecule has 7 heteroatoms. The number of alkyl halides is 3. The van der Waals surface area contributed by atoms with Crippen LogP contribution in [0.25, 0.3) is 10.9 Å². The van der Waals surface area contributed by atoms with E-state index in [0.29, 0.717) is 11.8 Å². The third-order valence-electron chi connectivity index (χ3n) is 4.70. The minimum Gasteiger partial charge on any atom is -0.391 e. The number of hydrogen-bond donors (Lipinski definition) is 2. The number of pyridine rings is 1. The number of nitrogens with zero attached hydrogens (tertiary/aromatic N) is 1. The van der Waals surface area contributed by atoms with Gasteiger partial charge in [-0.3, -0.25) is 4.79 Å². The molecule has 3 rings (SSSR count). The first-order chi connectivity index (χ1) is 11.2. The highest BCUT2D eigenvalue weighted by Crippen LogP contribution is 2.37. The summed E-state index contributed by atoms with van der Waals surface area (Å²) in [5.74, 6) is 0. The van der Waals surface area contributed by atoms with Gasteiger partial charge in [-0.05, 0) is 44.9 Å². The van der Waals surface area contributed by atoms with E-state index in [-0.39, 0.29) is 23.0 Å². The Morgan fingerprint density at radius 2 is 2.00 bits per heavy atom. The number of aromatic amines is 1. The van der Waals surface area contributed by atoms with E-state index in [1.807, 2.05) is 11.8 Å². The molecule has 1 aromatic carbocycles. The van der Waals surface area contributed by atoms with Crippen molar-refractivity contribution in [2.45, 2.75) is 51.1 Å². The zero-order valence-electron chi connectivity index (χ0n) is 13.4. The van der Waals surface area contributed by atoms with Crippen molar-refractivity contribution in [2.75, 3.05) is 4.90 Å². The highest BCUT2D eigenvalue weighted by atomic mass is 19.4. The number of H-pyrrole nitrogens is 1. The summed E-state index contributed by atoms with van der Waals surface area (Å²) in [6.07, 6.45) is -3.53. The van der Waals surface area contributed by atoms with Gasteiger partial charge in [0.15, 0.2) is 0 Å². The standard InChI is InChI=1S/C17H19F3N2O2/c1-9-3-6-15(10(2)23)22(9)11-4-5-14-12(7-11)13(17(18,19)20)8-16(24)21-14/h4-5,7-10,15,23H,3,6H2,1-2H3,(H,21,24)/t9?,10-,15?/m1/s1. The van der Waals surface area contributed by atoms with Crippen molar-refractivity contribution in [1.82, 2.24) is 4.98 Å². The van der Waals surface area contributed by atoms with Crippen LogP contribution in [0.15, 0.2) is 29.1 Å². The number of benzene rings is 1. The van der Waals surface area contributed by atoms with E-state index in [2.05, 4.69) is 4.98 Å². The lowest BCUT2D eigenvalue weighted by molar-refractivity contribution is -0.136. The second kappa shape index (κ2) is 5.81. The van der Waals surface area contributed by atoms with Crippen molar-refractivity contribution in [3.63, 3.8) is 0 Å². The quantitative estimate of drug-likeness (QED) is 0.882. The monoisotopic (exact) mass is 340 g/mol. The summed E-state index contributed by atoms with van der Waals surface area (Å²) >= 11 is 0. The number of aliphatic hydroxyl groups excluding tert-OH is 1. The maximum atomic E-state index is 13.3. The van der Waals surface area contributed by atoms with E-state index in [4.69, 9.17) is 0 Å². The Morgan fingerprint density at radius 3 is 2.62 bits per heavy atom. The van der Waals surface area contributed by atoms with Crippen LogP contribution >= 0.6 is 0 Å². The summed E-state index contributed by atoms with van der Waals surface area (Å²) in [6.45, 7) is 3.68. The van der Waals surface area contributed by atoms with Gasteiger partial charge in [-0.2, -0.15) is 13.2 Å². The molecule has 2 N–H and O–H groups in total. The van der Waals surface area contributed by atoms with Crippen molar-refractivity contribution in [1.29, 1.82) is 0 Å². The second-order valence-corrected chi connectivity index (χ2v) is 6.42. The molecule has 1 fully saturated rings. The molecule has 0 radical (unpaired) electrons. The van der Waals surface area contributed by atoms with E-state index in [0.717, 1.165) is 12.8 Å². The Morgan fingerprint density at radius 1 is 1.29 bits per heavy atom. The minimum absolute atomic E-state index is 0.0388. The predicted molar refractivity (Wildman–Crippen MR) is 86.2 cm³/mol. The van der Waals surface area contributed by atoms with Gasteiger partial charge in [0.05, 0.1) is 17.7 Å². The van der Waals surface area contributed by atoms with E-state index < -0.39 is 23.4 Å². The number of rotatable bonds is 2. The Balaban J connectivity index is 2.18. The van der Waals surface area contributed by atoms with Crippen LogP contribution in [0.2, 0.25) is 0 Å². The molecule has 1 aromatic heterocycles. The van der Waals surface area contributed by atoms with Gasteiger partial charge in [0.25, 0.3) is 0 Å². The van der Waals surface area contributed by atoms with Gasteiger partial charge in [0.1, 0.15) is 0 Å². The number of fused-ring (bicyclic) bond motifs is 1. The third kappa shape index (κ3) is 2.88. The van der Waals surface area contributed by atoms with Crippen molar-refractivity contribution < 1.29 is 18.3 Å². The van der Waals surface area contributed by atoms with E-state index >= 15 is 0 Å². The summed E-state index contributed by atoms with van der Waals surface area (Å²) in [5, 5.41) is 9.93. The first-order valence-electron chi connectivity index (χ1n) is 7.89. The van der Waals surface area contributed by atoms with E-state index in [1.165, 1.54) is 12.1 Å². The molecule has 1 aliphatic heterocycles. The average Bonchev–Trinajstić information content (AvgIpc) is 2.87. The smallest absolute Gasteiger partial charge is 0.391 e. The van der Waals surface area contributed by atoms with Gasteiger partial charge < -0.3 is 15.0 Å². The predicted octanol–water partition coefficient (Wildman–Crippen LogP) is 3.29. The molecule has 0 amide bonds. The lowest BCUT2D eigenvalue weighted by Gasteiger charge is -2.33. The molecular formula is C17H19F3N2O2. The molecule has 0 bridgehead atoms. The van der Waals surface area contributed by atoms with E-state index in [1.54, 1.807) is 13.0 Å². The molecule has 0 aliphatic carbocycles. The molecule has 2 heterocycles. The van der Waals surface area contributed by atoms with Gasteiger partial charge in [-0.25, -0.2) is 0 Å². The molecule has 24 heavy (non-hydrogen) atoms. The number of aliphatic hydroxyl groups is 1. The molecule has 3 atom stereocenters. The average molecular weight is 340 g/mol. The van der Waals surface area contributed by atoms with Crippen LogP contribution in [-0.4, -0.2) is 28.3 Å². The SMILES string of the molecule is CC1CCC([C@@H](C)O)N1c1ccc2[nH]c(=O)cc(C(F)(F)F)c2c1. The number of hydrogen-bond acceptors (Lipinski definition) is 3. The Hall–Kier alpha value is -2.02. The Kier molecular flexibility index (Phi) is 4.07. The number of anilines is 1. The summed E-state index contributed by atoms with van der Waals surface area (Å²) in [4.78, 5) is 15.9. The molecular weight excluding hydrogens is 321 g/mol. The first kappa shape index (κ1) is 16.8. The highest BCUT2D eigenvalue weighted by Gasteiger charge is 2.36. The highest BCUT2D eigenvalue weighted by molar-refractivity contribution is 5.86. The van der Waals surface area contributed by atoms with Crippen molar-refractivity contribution in [3.8, 4) is 0 Å². The topological polar surface area (TPSA) is 56.3 Å². The molecule has 0 spiro atoms. The Labute approximate surface area is 136 Å². The van der Waals surface area contributed by atoms with Crippen LogP contribution in [0.4, 0.5) is 18.9 Å². The van der Waals surface area contributed by atoms with Crippen LogP contribution in [0.1, 0.15) is 32.3 Å². The molecule has 1 saturated heterocycles. The molecule has 0 saturated carbocycles. The van der Waals surface area contributed by atoms with Crippen molar-refractivity contribution in [2.24, 2.45) is 0 Å². The zero-order valence-corrected chi connectivity index (χ0v) is 13.4. The maximum absolute atomic E-state index is 13.3. The molecule has 1 aliphatic rings. The summed E-state index contributed by atoms with van der Waals surface area (Å²) in [7, 11) is 0. The first-order valence-corrected chi connectivity index (χ1v) is 7.89. The van der Waals surface area contributed by atoms with Crippen molar-refractivity contribution >= 4 is 16.6 Å². The number of nitrogens with one attached hydrogen (secondary N) is 1. The summed E-state index contributed by atoms with van der Waals surface area (Å²) in [6, 6.07) is 5.21. The van der Waals surface area contributed by atoms with Crippen LogP contribution in [0, 0.1) is 0 Å². The zero-order chi connectivity index (χ0) is 17.6. The number of aromatic nitrogens is 1. The van der Waals surface area contributed by atoms with Crippen LogP contribution in [-0.2, 0) is 6.18 Å². The fourth-order valence-electron chi connectivity index (χ4n) is 3.57. The second-order valence-electron chi connectivity index (χ2n) is 6.42. The van der Waals surface area contributed by atoms with Gasteiger partial charge in [-0.15, -0.1) is 0 Å². The number of halogens is 3. The fourth-order valence-corrected chi connectivity index (χ4v) is 3.57.